The van der Waals surface area contributed by atoms with E-state index in [-0.39, 0.29) is 16.6 Å². The molecule has 0 aliphatic carbocycles. The monoisotopic (exact) mass is 436 g/mol. The lowest BCUT2D eigenvalue weighted by molar-refractivity contribution is -0.129. The van der Waals surface area contributed by atoms with Crippen molar-refractivity contribution < 1.29 is 17.6 Å². The molecule has 2 aliphatic rings. The van der Waals surface area contributed by atoms with Crippen LogP contribution in [0.25, 0.3) is 11.5 Å². The fourth-order valence-electron chi connectivity index (χ4n) is 3.59. The maximum absolute atomic E-state index is 12.6. The van der Waals surface area contributed by atoms with E-state index in [1.165, 1.54) is 22.5 Å². The number of likely N-dealkylation sites (tertiary alicyclic amines) is 1. The first-order chi connectivity index (χ1) is 14.0. The summed E-state index contributed by atoms with van der Waals surface area (Å²) in [6, 6.07) is 6.48. The van der Waals surface area contributed by atoms with Crippen LogP contribution in [-0.2, 0) is 14.8 Å². The Balaban J connectivity index is 1.38. The number of hydrogen-bond acceptors (Lipinski definition) is 7. The molecule has 0 bridgehead atoms. The van der Waals surface area contributed by atoms with Gasteiger partial charge in [-0.25, -0.2) is 8.42 Å². The van der Waals surface area contributed by atoms with Crippen LogP contribution in [0.5, 0.6) is 0 Å². The number of carbonyl (C=O) groups excluding carboxylic acids is 1. The molecule has 0 radical (unpaired) electrons. The number of nitrogens with zero attached hydrogens (tertiary/aromatic N) is 4. The zero-order chi connectivity index (χ0) is 20.3. The minimum absolute atomic E-state index is 0.0888. The Bertz CT molecular complexity index is 947. The van der Waals surface area contributed by atoms with Gasteiger partial charge < -0.3 is 9.32 Å². The van der Waals surface area contributed by atoms with Crippen molar-refractivity contribution in [3.8, 4) is 11.5 Å². The average molecular weight is 437 g/mol. The van der Waals surface area contributed by atoms with Crippen LogP contribution in [0.4, 0.5) is 0 Å². The van der Waals surface area contributed by atoms with Gasteiger partial charge in [0.25, 0.3) is 5.22 Å². The third kappa shape index (κ3) is 4.65. The van der Waals surface area contributed by atoms with Crippen LogP contribution in [0.2, 0.25) is 0 Å². The predicted molar refractivity (Wildman–Crippen MR) is 109 cm³/mol. The Morgan fingerprint density at radius 3 is 2.31 bits per heavy atom. The summed E-state index contributed by atoms with van der Waals surface area (Å²) in [7, 11) is -3.44. The molecule has 4 rings (SSSR count). The fourth-order valence-corrected chi connectivity index (χ4v) is 5.77. The van der Waals surface area contributed by atoms with E-state index in [4.69, 9.17) is 4.42 Å². The first-order valence-corrected chi connectivity index (χ1v) is 12.3. The molecule has 29 heavy (non-hydrogen) atoms. The van der Waals surface area contributed by atoms with Gasteiger partial charge >= 0.3 is 0 Å². The molecule has 0 unspecified atom stereocenters. The Kier molecular flexibility index (Phi) is 6.21. The third-order valence-corrected chi connectivity index (χ3v) is 7.95. The number of piperidine rings is 1. The number of aromatic nitrogens is 2. The quantitative estimate of drug-likeness (QED) is 0.642. The van der Waals surface area contributed by atoms with Gasteiger partial charge in [-0.1, -0.05) is 11.8 Å². The summed E-state index contributed by atoms with van der Waals surface area (Å²) in [5.74, 6) is 0.670. The highest BCUT2D eigenvalue weighted by atomic mass is 32.2. The van der Waals surface area contributed by atoms with Crippen molar-refractivity contribution in [3.63, 3.8) is 0 Å². The normalized spacial score (nSPS) is 18.3. The molecule has 0 saturated carbocycles. The number of sulfonamides is 1. The standard InChI is InChI=1S/C19H24N4O4S2/c24-17(22-10-2-1-3-11-22)14-28-19-21-20-18(27-19)15-6-8-16(9-7-15)29(25,26)23-12-4-5-13-23/h6-9H,1-5,10-14H2. The predicted octanol–water partition coefficient (Wildman–Crippen LogP) is 2.63. The fraction of sp³-hybridized carbons (Fsp3) is 0.526. The van der Waals surface area contributed by atoms with E-state index in [0.717, 1.165) is 38.8 Å². The number of rotatable bonds is 6. The summed E-state index contributed by atoms with van der Waals surface area (Å²) in [6.45, 7) is 2.79. The van der Waals surface area contributed by atoms with E-state index in [1.54, 1.807) is 24.3 Å². The van der Waals surface area contributed by atoms with Crippen LogP contribution in [0.1, 0.15) is 32.1 Å². The van der Waals surface area contributed by atoms with Crippen LogP contribution in [0.3, 0.4) is 0 Å². The average Bonchev–Trinajstić information content (AvgIpc) is 3.45. The maximum atomic E-state index is 12.6. The lowest BCUT2D eigenvalue weighted by Crippen LogP contribution is -2.36. The molecular formula is C19H24N4O4S2. The van der Waals surface area contributed by atoms with Gasteiger partial charge in [-0.05, 0) is 56.4 Å². The number of hydrogen-bond donors (Lipinski definition) is 0. The highest BCUT2D eigenvalue weighted by Gasteiger charge is 2.27. The van der Waals surface area contributed by atoms with Gasteiger partial charge in [0.05, 0.1) is 10.6 Å². The van der Waals surface area contributed by atoms with Crippen LogP contribution < -0.4 is 0 Å². The SMILES string of the molecule is O=C(CSc1nnc(-c2ccc(S(=O)(=O)N3CCCC3)cc2)o1)N1CCCCC1. The van der Waals surface area contributed by atoms with Gasteiger partial charge in [0.2, 0.25) is 21.8 Å². The minimum atomic E-state index is -3.44. The van der Waals surface area contributed by atoms with Crippen LogP contribution in [0, 0.1) is 0 Å². The van der Waals surface area contributed by atoms with Crippen molar-refractivity contribution in [1.29, 1.82) is 0 Å². The first-order valence-electron chi connectivity index (χ1n) is 9.89. The lowest BCUT2D eigenvalue weighted by atomic mass is 10.1. The topological polar surface area (TPSA) is 96.6 Å². The van der Waals surface area contributed by atoms with Gasteiger partial charge in [-0.3, -0.25) is 4.79 Å². The number of thioether (sulfide) groups is 1. The molecule has 10 heteroatoms. The summed E-state index contributed by atoms with van der Waals surface area (Å²) in [5.41, 5.74) is 0.645. The molecule has 3 heterocycles. The summed E-state index contributed by atoms with van der Waals surface area (Å²) in [5, 5.41) is 8.35. The molecule has 2 saturated heterocycles. The number of amides is 1. The zero-order valence-corrected chi connectivity index (χ0v) is 17.8. The van der Waals surface area contributed by atoms with Gasteiger partial charge in [-0.15, -0.1) is 10.2 Å². The molecule has 2 fully saturated rings. The van der Waals surface area contributed by atoms with E-state index in [1.807, 2.05) is 4.90 Å². The van der Waals surface area contributed by atoms with Crippen molar-refractivity contribution in [1.82, 2.24) is 19.4 Å². The Morgan fingerprint density at radius 2 is 1.62 bits per heavy atom. The van der Waals surface area contributed by atoms with Gasteiger partial charge in [0.1, 0.15) is 0 Å². The zero-order valence-electron chi connectivity index (χ0n) is 16.1. The molecule has 8 nitrogen and oxygen atoms in total. The highest BCUT2D eigenvalue weighted by molar-refractivity contribution is 7.99. The smallest absolute Gasteiger partial charge is 0.277 e. The van der Waals surface area contributed by atoms with Crippen molar-refractivity contribution in [2.75, 3.05) is 31.9 Å². The van der Waals surface area contributed by atoms with Crippen LogP contribution in [0.15, 0.2) is 38.8 Å². The second-order valence-corrected chi connectivity index (χ2v) is 10.1. The molecule has 2 aliphatic heterocycles. The number of carbonyl (C=O) groups is 1. The summed E-state index contributed by atoms with van der Waals surface area (Å²) < 4.78 is 32.4. The Labute approximate surface area is 174 Å². The van der Waals surface area contributed by atoms with Crippen molar-refractivity contribution in [3.05, 3.63) is 24.3 Å². The molecule has 2 aromatic rings. The van der Waals surface area contributed by atoms with Crippen LogP contribution in [-0.4, -0.2) is 65.7 Å². The van der Waals surface area contributed by atoms with Crippen molar-refractivity contribution >= 4 is 27.7 Å². The van der Waals surface area contributed by atoms with E-state index < -0.39 is 10.0 Å². The van der Waals surface area contributed by atoms with E-state index in [9.17, 15) is 13.2 Å². The second-order valence-electron chi connectivity index (χ2n) is 7.24. The molecule has 156 valence electrons. The molecule has 1 aromatic carbocycles. The van der Waals surface area contributed by atoms with Crippen molar-refractivity contribution in [2.24, 2.45) is 0 Å². The summed E-state index contributed by atoms with van der Waals surface area (Å²) in [4.78, 5) is 14.4. The molecule has 0 spiro atoms. The van der Waals surface area contributed by atoms with E-state index in [0.29, 0.717) is 29.8 Å². The van der Waals surface area contributed by atoms with E-state index in [2.05, 4.69) is 10.2 Å². The van der Waals surface area contributed by atoms with Crippen molar-refractivity contribution in [2.45, 2.75) is 42.2 Å². The lowest BCUT2D eigenvalue weighted by Gasteiger charge is -2.26. The molecule has 1 amide bonds. The molecule has 0 N–H and O–H groups in total. The third-order valence-electron chi connectivity index (χ3n) is 5.24. The van der Waals surface area contributed by atoms with Gasteiger partial charge in [-0.2, -0.15) is 4.31 Å². The molecule has 0 atom stereocenters. The summed E-state index contributed by atoms with van der Waals surface area (Å²) >= 11 is 1.23. The minimum Gasteiger partial charge on any atom is -0.411 e. The molecular weight excluding hydrogens is 412 g/mol. The first kappa shape index (κ1) is 20.4. The van der Waals surface area contributed by atoms with E-state index >= 15 is 0 Å². The van der Waals surface area contributed by atoms with Gasteiger partial charge in [0.15, 0.2) is 0 Å². The van der Waals surface area contributed by atoms with Crippen LogP contribution >= 0.6 is 11.8 Å². The highest BCUT2D eigenvalue weighted by Crippen LogP contribution is 2.26. The number of benzene rings is 1. The summed E-state index contributed by atoms with van der Waals surface area (Å²) in [6.07, 6.45) is 5.11. The Morgan fingerprint density at radius 1 is 0.966 bits per heavy atom. The Hall–Kier alpha value is -1.91. The molecule has 1 aromatic heterocycles. The van der Waals surface area contributed by atoms with Gasteiger partial charge in [0, 0.05) is 31.7 Å². The largest absolute Gasteiger partial charge is 0.411 e. The maximum Gasteiger partial charge on any atom is 0.277 e. The second kappa shape index (κ2) is 8.85.